The maximum Gasteiger partial charge on any atom is 0.271 e. The van der Waals surface area contributed by atoms with Crippen LogP contribution in [0.15, 0.2) is 24.3 Å². The van der Waals surface area contributed by atoms with Gasteiger partial charge in [0.05, 0.1) is 13.2 Å². The smallest absolute Gasteiger partial charge is 0.271 e. The Morgan fingerprint density at radius 1 is 1.25 bits per heavy atom. The maximum absolute atomic E-state index is 13.7. The van der Waals surface area contributed by atoms with E-state index in [4.69, 9.17) is 4.74 Å². The molecule has 0 spiro atoms. The van der Waals surface area contributed by atoms with Crippen LogP contribution in [0.1, 0.15) is 42.6 Å². The van der Waals surface area contributed by atoms with Gasteiger partial charge in [0, 0.05) is 29.9 Å². The highest BCUT2D eigenvalue weighted by atomic mass is 16.5. The van der Waals surface area contributed by atoms with Crippen molar-refractivity contribution in [1.82, 2.24) is 20.5 Å². The Labute approximate surface area is 208 Å². The molecule has 0 unspecified atom stereocenters. The minimum absolute atomic E-state index is 0.00696. The molecule has 2 aliphatic heterocycles. The molecule has 0 bridgehead atoms. The summed E-state index contributed by atoms with van der Waals surface area (Å²) in [6, 6.07) is 5.57. The second kappa shape index (κ2) is 9.93. The van der Waals surface area contributed by atoms with Gasteiger partial charge in [0.2, 0.25) is 11.8 Å². The molecule has 10 nitrogen and oxygen atoms in total. The molecule has 0 radical (unpaired) electrons. The van der Waals surface area contributed by atoms with E-state index in [0.29, 0.717) is 31.0 Å². The van der Waals surface area contributed by atoms with Crippen molar-refractivity contribution in [2.24, 2.45) is 17.8 Å². The lowest BCUT2D eigenvalue weighted by Crippen LogP contribution is -2.53. The van der Waals surface area contributed by atoms with Crippen molar-refractivity contribution in [3.63, 3.8) is 0 Å². The van der Waals surface area contributed by atoms with Gasteiger partial charge < -0.3 is 30.4 Å². The number of aromatic amines is 1. The van der Waals surface area contributed by atoms with Gasteiger partial charge in [0.1, 0.15) is 24.1 Å². The van der Waals surface area contributed by atoms with Crippen molar-refractivity contribution in [3.05, 3.63) is 30.0 Å². The van der Waals surface area contributed by atoms with E-state index in [9.17, 15) is 24.3 Å². The standard InChI is InChI=1S/C26H32N4O6/c1-36-22-7-3-6-18-17(22)11-20(28-18)26(35)30-12-15-4-2-5-16(15)23(30)25(34)29-19(21(32)13-31)10-14-8-9-27-24(14)33/h3,6-7,11,14-16,19,23,28,31H,2,4-5,8-10,12-13H2,1H3,(H,27,33)(H,29,34)/t14-,15-,16-,19+,23-/m0/s1. The van der Waals surface area contributed by atoms with Crippen molar-refractivity contribution in [3.8, 4) is 5.75 Å². The van der Waals surface area contributed by atoms with Gasteiger partial charge in [-0.2, -0.15) is 0 Å². The molecular formula is C26H32N4O6. The van der Waals surface area contributed by atoms with E-state index in [1.807, 2.05) is 18.2 Å². The monoisotopic (exact) mass is 496 g/mol. The molecule has 36 heavy (non-hydrogen) atoms. The molecule has 1 aromatic carbocycles. The van der Waals surface area contributed by atoms with Crippen LogP contribution in [0, 0.1) is 17.8 Å². The molecular weight excluding hydrogens is 464 g/mol. The van der Waals surface area contributed by atoms with Crippen LogP contribution in [-0.2, 0) is 14.4 Å². The Morgan fingerprint density at radius 3 is 2.81 bits per heavy atom. The molecule has 1 saturated carbocycles. The largest absolute Gasteiger partial charge is 0.496 e. The van der Waals surface area contributed by atoms with Gasteiger partial charge in [-0.25, -0.2) is 0 Å². The van der Waals surface area contributed by atoms with Gasteiger partial charge in [0.25, 0.3) is 5.91 Å². The Hall–Kier alpha value is -3.40. The quantitative estimate of drug-likeness (QED) is 0.430. The van der Waals surface area contributed by atoms with E-state index in [2.05, 4.69) is 15.6 Å². The Morgan fingerprint density at radius 2 is 2.08 bits per heavy atom. The van der Waals surface area contributed by atoms with Crippen molar-refractivity contribution < 1.29 is 29.0 Å². The molecule has 192 valence electrons. The van der Waals surface area contributed by atoms with E-state index in [1.165, 1.54) is 0 Å². The Balaban J connectivity index is 1.39. The number of rotatable bonds is 8. The third-order valence-corrected chi connectivity index (χ3v) is 8.04. The zero-order valence-electron chi connectivity index (χ0n) is 20.3. The highest BCUT2D eigenvalue weighted by Gasteiger charge is 2.50. The number of benzene rings is 1. The lowest BCUT2D eigenvalue weighted by Gasteiger charge is -2.29. The molecule has 3 fully saturated rings. The fourth-order valence-corrected chi connectivity index (χ4v) is 6.22. The predicted molar refractivity (Wildman–Crippen MR) is 130 cm³/mol. The van der Waals surface area contributed by atoms with E-state index in [0.717, 1.165) is 30.2 Å². The number of amides is 3. The van der Waals surface area contributed by atoms with Crippen LogP contribution < -0.4 is 15.4 Å². The van der Waals surface area contributed by atoms with Crippen molar-refractivity contribution in [2.75, 3.05) is 26.8 Å². The zero-order valence-corrected chi connectivity index (χ0v) is 20.3. The molecule has 5 rings (SSSR count). The van der Waals surface area contributed by atoms with Crippen LogP contribution in [0.3, 0.4) is 0 Å². The van der Waals surface area contributed by atoms with Crippen molar-refractivity contribution >= 4 is 34.4 Å². The summed E-state index contributed by atoms with van der Waals surface area (Å²) in [7, 11) is 1.57. The molecule has 5 atom stereocenters. The maximum atomic E-state index is 13.7. The number of methoxy groups -OCH3 is 1. The zero-order chi connectivity index (χ0) is 25.4. The SMILES string of the molecule is COc1cccc2[nH]c(C(=O)N3C[C@@H]4CCC[C@@H]4[C@H]3C(=O)N[C@H](C[C@@H]3CCNC3=O)C(=O)CO)cc12. The lowest BCUT2D eigenvalue weighted by atomic mass is 9.92. The van der Waals surface area contributed by atoms with Crippen molar-refractivity contribution in [2.45, 2.75) is 44.2 Å². The number of hydrogen-bond acceptors (Lipinski definition) is 6. The summed E-state index contributed by atoms with van der Waals surface area (Å²) in [4.78, 5) is 56.6. The topological polar surface area (TPSA) is 141 Å². The van der Waals surface area contributed by atoms with Crippen LogP contribution in [0.4, 0.5) is 0 Å². The molecule has 3 amide bonds. The first-order chi connectivity index (χ1) is 17.4. The summed E-state index contributed by atoms with van der Waals surface area (Å²) < 4.78 is 5.42. The number of Topliss-reactive ketones (excluding diaryl/α,β-unsaturated/α-hetero) is 1. The van der Waals surface area contributed by atoms with Gasteiger partial charge >= 0.3 is 0 Å². The summed E-state index contributed by atoms with van der Waals surface area (Å²) >= 11 is 0. The molecule has 10 heteroatoms. The van der Waals surface area contributed by atoms with E-state index in [1.54, 1.807) is 18.1 Å². The van der Waals surface area contributed by atoms with Gasteiger partial charge in [-0.15, -0.1) is 0 Å². The summed E-state index contributed by atoms with van der Waals surface area (Å²) in [5.41, 5.74) is 1.14. The molecule has 3 aliphatic rings. The number of aromatic nitrogens is 1. The number of ketones is 1. The lowest BCUT2D eigenvalue weighted by molar-refractivity contribution is -0.133. The number of hydrogen-bond donors (Lipinski definition) is 4. The van der Waals surface area contributed by atoms with Crippen LogP contribution in [-0.4, -0.2) is 77.4 Å². The number of carbonyl (C=O) groups is 4. The number of nitrogens with zero attached hydrogens (tertiary/aromatic N) is 1. The molecule has 4 N–H and O–H groups in total. The number of carbonyl (C=O) groups excluding carboxylic acids is 4. The number of fused-ring (bicyclic) bond motifs is 2. The number of H-pyrrole nitrogens is 1. The number of nitrogens with one attached hydrogen (secondary N) is 3. The van der Waals surface area contributed by atoms with Crippen LogP contribution in [0.25, 0.3) is 10.9 Å². The fourth-order valence-electron chi connectivity index (χ4n) is 6.22. The van der Waals surface area contributed by atoms with Gasteiger partial charge in [0.15, 0.2) is 5.78 Å². The Bertz CT molecular complexity index is 1190. The van der Waals surface area contributed by atoms with E-state index >= 15 is 0 Å². The van der Waals surface area contributed by atoms with Crippen LogP contribution in [0.5, 0.6) is 5.75 Å². The molecule has 2 aromatic rings. The summed E-state index contributed by atoms with van der Waals surface area (Å²) in [5.74, 6) is -0.889. The number of ether oxygens (including phenoxy) is 1. The average molecular weight is 497 g/mol. The summed E-state index contributed by atoms with van der Waals surface area (Å²) in [6.45, 7) is 0.273. The molecule has 1 aromatic heterocycles. The first-order valence-electron chi connectivity index (χ1n) is 12.6. The average Bonchev–Trinajstić information content (AvgIpc) is 3.66. The second-order valence-corrected chi connectivity index (χ2v) is 10.1. The molecule has 3 heterocycles. The van der Waals surface area contributed by atoms with Crippen LogP contribution >= 0.6 is 0 Å². The minimum Gasteiger partial charge on any atom is -0.496 e. The van der Waals surface area contributed by atoms with Gasteiger partial charge in [-0.05, 0) is 55.7 Å². The molecule has 1 aliphatic carbocycles. The second-order valence-electron chi connectivity index (χ2n) is 10.1. The molecule has 2 saturated heterocycles. The highest BCUT2D eigenvalue weighted by molar-refractivity contribution is 6.02. The van der Waals surface area contributed by atoms with E-state index in [-0.39, 0.29) is 30.1 Å². The predicted octanol–water partition coefficient (Wildman–Crippen LogP) is 0.990. The van der Waals surface area contributed by atoms with Gasteiger partial charge in [-0.3, -0.25) is 19.2 Å². The first kappa shape index (κ1) is 24.3. The third-order valence-electron chi connectivity index (χ3n) is 8.04. The number of aliphatic hydroxyl groups excluding tert-OH is 1. The number of aliphatic hydroxyl groups is 1. The van der Waals surface area contributed by atoms with Crippen LogP contribution in [0.2, 0.25) is 0 Å². The summed E-state index contributed by atoms with van der Waals surface area (Å²) in [6.07, 6.45) is 3.47. The van der Waals surface area contributed by atoms with E-state index < -0.39 is 36.3 Å². The normalized spacial score (nSPS) is 26.1. The van der Waals surface area contributed by atoms with Crippen molar-refractivity contribution in [1.29, 1.82) is 0 Å². The minimum atomic E-state index is -0.980. The fraction of sp³-hybridized carbons (Fsp3) is 0.538. The highest BCUT2D eigenvalue weighted by Crippen LogP contribution is 2.43. The first-order valence-corrected chi connectivity index (χ1v) is 12.6. The Kier molecular flexibility index (Phi) is 6.70. The summed E-state index contributed by atoms with van der Waals surface area (Å²) in [5, 5.41) is 15.8. The number of likely N-dealkylation sites (tertiary alicyclic amines) is 1. The third kappa shape index (κ3) is 4.34. The van der Waals surface area contributed by atoms with Gasteiger partial charge in [-0.1, -0.05) is 12.5 Å².